The van der Waals surface area contributed by atoms with Gasteiger partial charge in [0.2, 0.25) is 5.91 Å². The van der Waals surface area contributed by atoms with Crippen LogP contribution in [0.1, 0.15) is 18.9 Å². The second-order valence-corrected chi connectivity index (χ2v) is 6.69. The summed E-state index contributed by atoms with van der Waals surface area (Å²) >= 11 is 11.9. The average Bonchev–Trinajstić information content (AvgIpc) is 2.98. The van der Waals surface area contributed by atoms with Gasteiger partial charge in [-0.3, -0.25) is 4.79 Å². The van der Waals surface area contributed by atoms with Gasteiger partial charge in [-0.05, 0) is 31.0 Å². The Kier molecular flexibility index (Phi) is 4.35. The summed E-state index contributed by atoms with van der Waals surface area (Å²) in [6.45, 7) is 2.09. The molecule has 0 heterocycles. The fourth-order valence-corrected chi connectivity index (χ4v) is 2.57. The highest BCUT2D eigenvalue weighted by molar-refractivity contribution is 6.53. The third-order valence-electron chi connectivity index (χ3n) is 3.59. The lowest BCUT2D eigenvalue weighted by atomic mass is 10.1. The van der Waals surface area contributed by atoms with Crippen molar-refractivity contribution in [3.05, 3.63) is 29.8 Å². The number of rotatable bonds is 4. The van der Waals surface area contributed by atoms with E-state index >= 15 is 0 Å². The van der Waals surface area contributed by atoms with Gasteiger partial charge in [-0.2, -0.15) is 0 Å². The molecule has 1 saturated carbocycles. The largest absolute Gasteiger partial charge is 0.453 e. The Labute approximate surface area is 132 Å². The zero-order valence-corrected chi connectivity index (χ0v) is 13.2. The maximum absolute atomic E-state index is 12.1. The number of amides is 2. The van der Waals surface area contributed by atoms with E-state index in [1.165, 1.54) is 7.11 Å². The maximum atomic E-state index is 12.1. The van der Waals surface area contributed by atoms with Gasteiger partial charge in [0, 0.05) is 12.2 Å². The number of carbonyl (C=O) groups is 2. The molecule has 114 valence electrons. The Morgan fingerprint density at radius 2 is 1.86 bits per heavy atom. The lowest BCUT2D eigenvalue weighted by Crippen LogP contribution is -2.26. The normalized spacial score (nSPS) is 22.3. The van der Waals surface area contributed by atoms with Crippen LogP contribution < -0.4 is 10.6 Å². The first-order chi connectivity index (χ1) is 9.78. The van der Waals surface area contributed by atoms with Crippen LogP contribution in [0, 0.1) is 5.41 Å². The number of ether oxygens (including phenoxy) is 1. The van der Waals surface area contributed by atoms with Crippen molar-refractivity contribution in [3.8, 4) is 0 Å². The van der Waals surface area contributed by atoms with E-state index in [1.807, 2.05) is 0 Å². The molecule has 21 heavy (non-hydrogen) atoms. The first kappa shape index (κ1) is 15.9. The van der Waals surface area contributed by atoms with Crippen molar-refractivity contribution in [3.63, 3.8) is 0 Å². The molecule has 2 N–H and O–H groups in total. The summed E-state index contributed by atoms with van der Waals surface area (Å²) in [6.07, 6.45) is -0.0506. The van der Waals surface area contributed by atoms with Crippen molar-refractivity contribution < 1.29 is 14.3 Å². The van der Waals surface area contributed by atoms with Gasteiger partial charge in [0.25, 0.3) is 0 Å². The molecule has 0 radical (unpaired) electrons. The lowest BCUT2D eigenvalue weighted by Gasteiger charge is -2.13. The Balaban J connectivity index is 1.91. The van der Waals surface area contributed by atoms with Crippen molar-refractivity contribution in [1.82, 2.24) is 5.32 Å². The number of nitrogens with one attached hydrogen (secondary N) is 2. The van der Waals surface area contributed by atoms with E-state index < -0.39 is 15.8 Å². The summed E-state index contributed by atoms with van der Waals surface area (Å²) < 4.78 is 3.50. The predicted octanol–water partition coefficient (Wildman–Crippen LogP) is 3.07. The Morgan fingerprint density at radius 3 is 2.33 bits per heavy atom. The molecule has 1 fully saturated rings. The molecule has 2 rings (SSSR count). The van der Waals surface area contributed by atoms with Crippen LogP contribution in [-0.4, -0.2) is 23.4 Å². The van der Waals surface area contributed by atoms with Crippen LogP contribution in [0.4, 0.5) is 10.5 Å². The molecule has 1 aliphatic rings. The summed E-state index contributed by atoms with van der Waals surface area (Å²) in [6, 6.07) is 7.11. The molecule has 0 saturated heterocycles. The van der Waals surface area contributed by atoms with E-state index in [4.69, 9.17) is 23.2 Å². The minimum Gasteiger partial charge on any atom is -0.453 e. The van der Waals surface area contributed by atoms with Gasteiger partial charge in [-0.15, -0.1) is 23.2 Å². The molecule has 7 heteroatoms. The summed E-state index contributed by atoms with van der Waals surface area (Å²) in [7, 11) is 1.31. The summed E-state index contributed by atoms with van der Waals surface area (Å²) in [5, 5.41) is 5.35. The van der Waals surface area contributed by atoms with Crippen molar-refractivity contribution in [1.29, 1.82) is 0 Å². The fourth-order valence-electron chi connectivity index (χ4n) is 1.87. The molecule has 0 aliphatic heterocycles. The van der Waals surface area contributed by atoms with Gasteiger partial charge in [-0.1, -0.05) is 12.1 Å². The van der Waals surface area contributed by atoms with Crippen LogP contribution in [0.25, 0.3) is 0 Å². The van der Waals surface area contributed by atoms with Crippen molar-refractivity contribution in [2.75, 3.05) is 12.4 Å². The van der Waals surface area contributed by atoms with Crippen molar-refractivity contribution in [2.24, 2.45) is 5.41 Å². The van der Waals surface area contributed by atoms with Crippen molar-refractivity contribution in [2.45, 2.75) is 24.2 Å². The zero-order chi connectivity index (χ0) is 15.7. The van der Waals surface area contributed by atoms with E-state index in [9.17, 15) is 9.59 Å². The van der Waals surface area contributed by atoms with Gasteiger partial charge in [0.05, 0.1) is 12.5 Å². The topological polar surface area (TPSA) is 67.4 Å². The molecule has 2 amide bonds. The molecule has 1 atom stereocenters. The number of halogens is 2. The van der Waals surface area contributed by atoms with Crippen LogP contribution in [0.2, 0.25) is 0 Å². The number of alkyl carbamates (subject to hydrolysis) is 1. The number of anilines is 1. The molecule has 5 nitrogen and oxygen atoms in total. The Morgan fingerprint density at radius 1 is 1.29 bits per heavy atom. The number of carbonyl (C=O) groups excluding carboxylic acids is 2. The van der Waals surface area contributed by atoms with E-state index in [0.29, 0.717) is 18.7 Å². The molecule has 1 aliphatic carbocycles. The number of hydrogen-bond donors (Lipinski definition) is 2. The molecule has 0 spiro atoms. The molecular weight excluding hydrogens is 315 g/mol. The van der Waals surface area contributed by atoms with Crippen molar-refractivity contribution >= 4 is 40.9 Å². The van der Waals surface area contributed by atoms with Crippen LogP contribution in [0.3, 0.4) is 0 Å². The zero-order valence-electron chi connectivity index (χ0n) is 11.7. The van der Waals surface area contributed by atoms with E-state index in [1.54, 1.807) is 31.2 Å². The number of benzene rings is 1. The SMILES string of the molecule is COC(=O)NCc1ccc(NC(=O)C2(C)CC2(Cl)Cl)cc1. The van der Waals surface area contributed by atoms with Crippen LogP contribution in [0.5, 0.6) is 0 Å². The first-order valence-corrected chi connectivity index (χ1v) is 7.14. The summed E-state index contributed by atoms with van der Waals surface area (Å²) in [4.78, 5) is 23.1. The Hall–Kier alpha value is -1.46. The smallest absolute Gasteiger partial charge is 0.407 e. The molecule has 1 aromatic rings. The van der Waals surface area contributed by atoms with Gasteiger partial charge < -0.3 is 15.4 Å². The van der Waals surface area contributed by atoms with E-state index in [2.05, 4.69) is 15.4 Å². The van der Waals surface area contributed by atoms with Gasteiger partial charge in [0.15, 0.2) is 0 Å². The van der Waals surface area contributed by atoms with E-state index in [0.717, 1.165) is 5.56 Å². The van der Waals surface area contributed by atoms with Gasteiger partial charge >= 0.3 is 6.09 Å². The number of alkyl halides is 2. The summed E-state index contributed by atoms with van der Waals surface area (Å²) in [5.41, 5.74) is 0.792. The van der Waals surface area contributed by atoms with Crippen LogP contribution in [0.15, 0.2) is 24.3 Å². The molecule has 0 bridgehead atoms. The van der Waals surface area contributed by atoms with Crippen LogP contribution >= 0.6 is 23.2 Å². The molecule has 0 aromatic heterocycles. The third kappa shape index (κ3) is 3.41. The highest BCUT2D eigenvalue weighted by Crippen LogP contribution is 2.64. The second kappa shape index (κ2) is 5.73. The minimum atomic E-state index is -0.985. The standard InChI is InChI=1S/C14H16Cl2N2O3/c1-13(8-14(13,15)16)11(19)18-10-5-3-9(4-6-10)7-17-12(20)21-2/h3-6H,7-8H2,1-2H3,(H,17,20)(H,18,19). The highest BCUT2D eigenvalue weighted by atomic mass is 35.5. The van der Waals surface area contributed by atoms with Gasteiger partial charge in [0.1, 0.15) is 4.33 Å². The van der Waals surface area contributed by atoms with Crippen LogP contribution in [-0.2, 0) is 16.1 Å². The minimum absolute atomic E-state index is 0.201. The number of methoxy groups -OCH3 is 1. The molecule has 1 aromatic carbocycles. The maximum Gasteiger partial charge on any atom is 0.407 e. The number of hydrogen-bond acceptors (Lipinski definition) is 3. The van der Waals surface area contributed by atoms with E-state index in [-0.39, 0.29) is 5.91 Å². The fraction of sp³-hybridized carbons (Fsp3) is 0.429. The monoisotopic (exact) mass is 330 g/mol. The third-order valence-corrected chi connectivity index (χ3v) is 4.69. The average molecular weight is 331 g/mol. The molecule has 1 unspecified atom stereocenters. The lowest BCUT2D eigenvalue weighted by molar-refractivity contribution is -0.120. The van der Waals surface area contributed by atoms with Gasteiger partial charge in [-0.25, -0.2) is 4.79 Å². The first-order valence-electron chi connectivity index (χ1n) is 6.38. The Bertz CT molecular complexity index is 560. The predicted molar refractivity (Wildman–Crippen MR) is 81.5 cm³/mol. The summed E-state index contributed by atoms with van der Waals surface area (Å²) in [5.74, 6) is -0.201. The molecular formula is C14H16Cl2N2O3. The quantitative estimate of drug-likeness (QED) is 0.833. The highest BCUT2D eigenvalue weighted by Gasteiger charge is 2.67. The second-order valence-electron chi connectivity index (χ2n) is 5.21.